The number of ether oxygens (including phenoxy) is 1. The van der Waals surface area contributed by atoms with Gasteiger partial charge in [-0.05, 0) is 48.5 Å². The molecule has 0 atom stereocenters. The minimum Gasteiger partial charge on any atom is -0.457 e. The van der Waals surface area contributed by atoms with E-state index in [9.17, 15) is 9.59 Å². The van der Waals surface area contributed by atoms with E-state index in [-0.39, 0.29) is 11.4 Å². The maximum Gasteiger partial charge on any atom is 0.233 e. The number of anilines is 2. The van der Waals surface area contributed by atoms with Crippen molar-refractivity contribution < 1.29 is 14.3 Å². The molecule has 0 saturated carbocycles. The van der Waals surface area contributed by atoms with Crippen LogP contribution in [0.5, 0.6) is 11.5 Å². The Morgan fingerprint density at radius 3 is 2.21 bits per heavy atom. The van der Waals surface area contributed by atoms with E-state index < -0.39 is 11.8 Å². The fourth-order valence-electron chi connectivity index (χ4n) is 2.29. The number of aromatic nitrogens is 1. The molecule has 1 heterocycles. The van der Waals surface area contributed by atoms with Crippen LogP contribution in [0.1, 0.15) is 6.42 Å². The van der Waals surface area contributed by atoms with Crippen molar-refractivity contribution in [2.45, 2.75) is 6.42 Å². The minimum absolute atomic E-state index is 0.225. The Morgan fingerprint density at radius 2 is 1.50 bits per heavy atom. The molecule has 0 saturated heterocycles. The lowest BCUT2D eigenvalue weighted by Gasteiger charge is -2.09. The lowest BCUT2D eigenvalue weighted by Crippen LogP contribution is -2.21. The molecule has 3 aromatic rings. The largest absolute Gasteiger partial charge is 0.457 e. The summed E-state index contributed by atoms with van der Waals surface area (Å²) in [6.07, 6.45) is 2.90. The molecule has 3 rings (SSSR count). The van der Waals surface area contributed by atoms with Crippen molar-refractivity contribution in [1.82, 2.24) is 4.98 Å². The van der Waals surface area contributed by atoms with E-state index in [1.165, 1.54) is 0 Å². The summed E-state index contributed by atoms with van der Waals surface area (Å²) >= 11 is 11.9. The highest BCUT2D eigenvalue weighted by atomic mass is 35.5. The lowest BCUT2D eigenvalue weighted by molar-refractivity contribution is -0.123. The van der Waals surface area contributed by atoms with Gasteiger partial charge in [0.25, 0.3) is 0 Å². The molecule has 0 fully saturated rings. The van der Waals surface area contributed by atoms with Crippen molar-refractivity contribution in [3.05, 3.63) is 77.0 Å². The Balaban J connectivity index is 1.53. The van der Waals surface area contributed by atoms with Gasteiger partial charge in [-0.3, -0.25) is 14.6 Å². The van der Waals surface area contributed by atoms with Crippen molar-refractivity contribution >= 4 is 46.4 Å². The third kappa shape index (κ3) is 5.45. The third-order valence-corrected chi connectivity index (χ3v) is 4.39. The van der Waals surface area contributed by atoms with Gasteiger partial charge >= 0.3 is 0 Å². The number of carbonyl (C=O) groups is 2. The first-order valence-electron chi connectivity index (χ1n) is 8.23. The van der Waals surface area contributed by atoms with Crippen molar-refractivity contribution in [3.63, 3.8) is 0 Å². The Hall–Kier alpha value is -3.09. The molecule has 142 valence electrons. The summed E-state index contributed by atoms with van der Waals surface area (Å²) in [6.45, 7) is 0. The van der Waals surface area contributed by atoms with Crippen LogP contribution in [0.2, 0.25) is 10.0 Å². The Morgan fingerprint density at radius 1 is 0.857 bits per heavy atom. The number of hydrogen-bond donors (Lipinski definition) is 2. The molecule has 1 aromatic heterocycles. The monoisotopic (exact) mass is 415 g/mol. The van der Waals surface area contributed by atoms with E-state index in [0.717, 1.165) is 0 Å². The van der Waals surface area contributed by atoms with Gasteiger partial charge in [0.2, 0.25) is 11.8 Å². The van der Waals surface area contributed by atoms with Crippen LogP contribution in [0, 0.1) is 0 Å². The smallest absolute Gasteiger partial charge is 0.233 e. The second-order valence-corrected chi connectivity index (χ2v) is 6.47. The highest BCUT2D eigenvalue weighted by Crippen LogP contribution is 2.29. The molecule has 2 N–H and O–H groups in total. The maximum absolute atomic E-state index is 12.1. The molecule has 2 amide bonds. The van der Waals surface area contributed by atoms with Crippen LogP contribution in [0.4, 0.5) is 11.4 Å². The summed E-state index contributed by atoms with van der Waals surface area (Å²) in [7, 11) is 0. The number of pyridine rings is 1. The molecule has 0 aliphatic heterocycles. The molecule has 0 aliphatic carbocycles. The zero-order valence-electron chi connectivity index (χ0n) is 14.5. The summed E-state index contributed by atoms with van der Waals surface area (Å²) in [4.78, 5) is 28.0. The van der Waals surface area contributed by atoms with Gasteiger partial charge in [0.15, 0.2) is 0 Å². The van der Waals surface area contributed by atoms with Gasteiger partial charge in [-0.15, -0.1) is 0 Å². The topological polar surface area (TPSA) is 80.3 Å². The molecular formula is C20H15Cl2N3O3. The third-order valence-electron chi connectivity index (χ3n) is 3.57. The first-order chi connectivity index (χ1) is 13.5. The van der Waals surface area contributed by atoms with Crippen LogP contribution >= 0.6 is 23.2 Å². The first kappa shape index (κ1) is 19.7. The van der Waals surface area contributed by atoms with E-state index in [4.69, 9.17) is 27.9 Å². The Labute approximate surface area is 171 Å². The highest BCUT2D eigenvalue weighted by molar-refractivity contribution is 6.44. The number of carbonyl (C=O) groups excluding carboxylic acids is 2. The van der Waals surface area contributed by atoms with Crippen LogP contribution in [-0.2, 0) is 9.59 Å². The molecule has 28 heavy (non-hydrogen) atoms. The summed E-state index contributed by atoms with van der Waals surface area (Å²) in [6, 6.07) is 15.1. The zero-order valence-corrected chi connectivity index (χ0v) is 16.0. The van der Waals surface area contributed by atoms with Gasteiger partial charge in [0, 0.05) is 18.1 Å². The summed E-state index contributed by atoms with van der Waals surface area (Å²) in [5.41, 5.74) is 0.894. The van der Waals surface area contributed by atoms with Crippen LogP contribution in [0.15, 0.2) is 67.0 Å². The van der Waals surface area contributed by atoms with Gasteiger partial charge in [-0.25, -0.2) is 0 Å². The number of rotatable bonds is 6. The van der Waals surface area contributed by atoms with E-state index in [1.54, 1.807) is 67.0 Å². The molecule has 0 spiro atoms. The molecular weight excluding hydrogens is 401 g/mol. The second-order valence-electron chi connectivity index (χ2n) is 5.68. The molecule has 0 aliphatic rings. The van der Waals surface area contributed by atoms with Crippen molar-refractivity contribution in [2.75, 3.05) is 10.6 Å². The van der Waals surface area contributed by atoms with Crippen LogP contribution < -0.4 is 15.4 Å². The van der Waals surface area contributed by atoms with E-state index >= 15 is 0 Å². The maximum atomic E-state index is 12.1. The number of nitrogens with one attached hydrogen (secondary N) is 2. The van der Waals surface area contributed by atoms with E-state index in [0.29, 0.717) is 27.9 Å². The predicted molar refractivity (Wildman–Crippen MR) is 109 cm³/mol. The van der Waals surface area contributed by atoms with Gasteiger partial charge in [-0.1, -0.05) is 29.3 Å². The average Bonchev–Trinajstić information content (AvgIpc) is 2.68. The number of benzene rings is 2. The fraction of sp³-hybridized carbons (Fsp3) is 0.0500. The van der Waals surface area contributed by atoms with Gasteiger partial charge in [0.1, 0.15) is 17.9 Å². The van der Waals surface area contributed by atoms with Crippen LogP contribution in [0.3, 0.4) is 0 Å². The van der Waals surface area contributed by atoms with Gasteiger partial charge in [-0.2, -0.15) is 0 Å². The SMILES string of the molecule is O=C(CC(=O)Nc1cccc(Cl)c1Cl)Nc1ccc(Oc2ccncc2)cc1. The normalized spacial score (nSPS) is 10.2. The van der Waals surface area contributed by atoms with E-state index in [1.807, 2.05) is 0 Å². The molecule has 6 nitrogen and oxygen atoms in total. The number of amides is 2. The van der Waals surface area contributed by atoms with Gasteiger partial charge < -0.3 is 15.4 Å². The van der Waals surface area contributed by atoms with Crippen molar-refractivity contribution in [2.24, 2.45) is 0 Å². The van der Waals surface area contributed by atoms with Crippen molar-refractivity contribution in [3.8, 4) is 11.5 Å². The Kier molecular flexibility index (Phi) is 6.47. The van der Waals surface area contributed by atoms with Crippen LogP contribution in [0.25, 0.3) is 0 Å². The molecule has 0 radical (unpaired) electrons. The molecule has 8 heteroatoms. The quantitative estimate of drug-likeness (QED) is 0.545. The highest BCUT2D eigenvalue weighted by Gasteiger charge is 2.13. The summed E-state index contributed by atoms with van der Waals surface area (Å²) in [5.74, 6) is 0.304. The predicted octanol–water partition coefficient (Wildman–Crippen LogP) is 5.15. The molecule has 2 aromatic carbocycles. The number of halogens is 2. The average molecular weight is 416 g/mol. The zero-order chi connectivity index (χ0) is 19.9. The summed E-state index contributed by atoms with van der Waals surface area (Å²) < 4.78 is 5.65. The first-order valence-corrected chi connectivity index (χ1v) is 8.98. The van der Waals surface area contributed by atoms with Crippen LogP contribution in [-0.4, -0.2) is 16.8 Å². The second kappa shape index (κ2) is 9.21. The molecule has 0 bridgehead atoms. The standard InChI is InChI=1S/C20H15Cl2N3O3/c21-16-2-1-3-17(20(16)22)25-19(27)12-18(26)24-13-4-6-14(7-5-13)28-15-8-10-23-11-9-15/h1-11H,12H2,(H,24,26)(H,25,27). The lowest BCUT2D eigenvalue weighted by atomic mass is 10.2. The Bertz CT molecular complexity index is 980. The minimum atomic E-state index is -0.501. The number of nitrogens with zero attached hydrogens (tertiary/aromatic N) is 1. The summed E-state index contributed by atoms with van der Waals surface area (Å²) in [5, 5.41) is 5.76. The fourth-order valence-corrected chi connectivity index (χ4v) is 2.64. The molecule has 0 unspecified atom stereocenters. The van der Waals surface area contributed by atoms with Gasteiger partial charge in [0.05, 0.1) is 15.7 Å². The van der Waals surface area contributed by atoms with Crippen molar-refractivity contribution in [1.29, 1.82) is 0 Å². The van der Waals surface area contributed by atoms with E-state index in [2.05, 4.69) is 15.6 Å². The number of hydrogen-bond acceptors (Lipinski definition) is 4.